The number of rotatable bonds is 12. The van der Waals surface area contributed by atoms with Crippen LogP contribution in [0.3, 0.4) is 0 Å². The average Bonchev–Trinajstić information content (AvgIpc) is 3.71. The molecule has 2 saturated heterocycles. The first-order valence-corrected chi connectivity index (χ1v) is 21.2. The molecular weight excluding hydrogens is 725 g/mol. The van der Waals surface area contributed by atoms with Crippen molar-refractivity contribution < 1.29 is 44.1 Å². The van der Waals surface area contributed by atoms with E-state index in [1.54, 1.807) is 12.1 Å². The molecule has 11 heteroatoms. The Morgan fingerprint density at radius 2 is 1.11 bits per heavy atom. The van der Waals surface area contributed by atoms with Crippen molar-refractivity contribution in [3.05, 3.63) is 72.1 Å². The minimum Gasteiger partial charge on any atom is -0.504 e. The van der Waals surface area contributed by atoms with Crippen molar-refractivity contribution in [3.8, 4) is 23.0 Å². The third-order valence-electron chi connectivity index (χ3n) is 15.7. The SMILES string of the molecule is C=CN1CC[C@]23c4c5ccc(O)c4O[C@H]2[C@H](OCC(C)(C)COCC(C)(C)CO[C@@H]2CC[C@@]4(O)C6Cc7ccc(O)c8c7[C@@]4(CCN6C=C)[C@H]2O8)CC[C@@]3(O)C1C5. The van der Waals surface area contributed by atoms with Gasteiger partial charge in [0.25, 0.3) is 0 Å². The first-order valence-electron chi connectivity index (χ1n) is 21.2. The summed E-state index contributed by atoms with van der Waals surface area (Å²) < 4.78 is 33.3. The van der Waals surface area contributed by atoms with Crippen molar-refractivity contribution in [1.82, 2.24) is 9.80 Å². The van der Waals surface area contributed by atoms with Gasteiger partial charge >= 0.3 is 0 Å². The molecular formula is C46H60N2O9. The molecule has 308 valence electrons. The number of phenols is 2. The Labute approximate surface area is 336 Å². The van der Waals surface area contributed by atoms with E-state index in [1.807, 2.05) is 24.5 Å². The maximum atomic E-state index is 12.6. The quantitative estimate of drug-likeness (QED) is 0.226. The number of ether oxygens (including phenoxy) is 5. The Hall–Kier alpha value is -3.48. The van der Waals surface area contributed by atoms with Crippen LogP contribution in [0.2, 0.25) is 0 Å². The van der Waals surface area contributed by atoms with E-state index in [0.717, 1.165) is 35.3 Å². The number of piperidine rings is 2. The lowest BCUT2D eigenvalue weighted by molar-refractivity contribution is -0.214. The molecule has 8 aliphatic rings. The largest absolute Gasteiger partial charge is 0.504 e. The molecule has 4 heterocycles. The zero-order chi connectivity index (χ0) is 39.9. The van der Waals surface area contributed by atoms with Gasteiger partial charge in [-0.05, 0) is 87.0 Å². The van der Waals surface area contributed by atoms with Gasteiger partial charge in [0.15, 0.2) is 23.0 Å². The van der Waals surface area contributed by atoms with Gasteiger partial charge in [-0.25, -0.2) is 0 Å². The summed E-state index contributed by atoms with van der Waals surface area (Å²) >= 11 is 0. The molecule has 2 saturated carbocycles. The summed E-state index contributed by atoms with van der Waals surface area (Å²) in [5.41, 5.74) is 0.263. The molecule has 11 nitrogen and oxygen atoms in total. The normalized spacial score (nSPS) is 37.9. The first kappa shape index (κ1) is 37.8. The molecule has 4 N–H and O–H groups in total. The summed E-state index contributed by atoms with van der Waals surface area (Å²) in [5, 5.41) is 47.1. The summed E-state index contributed by atoms with van der Waals surface area (Å²) in [6.45, 7) is 20.1. The Morgan fingerprint density at radius 3 is 1.51 bits per heavy atom. The Balaban J connectivity index is 0.784. The average molecular weight is 785 g/mol. The third kappa shape index (κ3) is 4.95. The standard InChI is InChI=1S/C46H60N2O9/c1-7-47-19-17-43-35-27-9-11-29(49)37(35)56-39(43)31(13-15-45(43,51)33(47)21-27)54-25-41(3,4)23-53-24-42(5,6)26-55-32-14-16-46(52)34-22-28-10-12-30(50)38-36(28)44(46,40(32)57-38)18-20-48(34)8-2/h7-12,31-34,39-40,49-52H,1-2,13-26H2,3-6H3/t31-,32-,33?,34?,39+,40+,43+,44+,45-,46-/m1/s1. The summed E-state index contributed by atoms with van der Waals surface area (Å²) in [7, 11) is 0. The molecule has 0 aromatic heterocycles. The molecule has 57 heavy (non-hydrogen) atoms. The lowest BCUT2D eigenvalue weighted by Crippen LogP contribution is -2.76. The van der Waals surface area contributed by atoms with E-state index in [9.17, 15) is 20.4 Å². The molecule has 4 aliphatic heterocycles. The van der Waals surface area contributed by atoms with Crippen molar-refractivity contribution in [2.75, 3.05) is 39.5 Å². The van der Waals surface area contributed by atoms with E-state index >= 15 is 0 Å². The molecule has 4 fully saturated rings. The number of benzene rings is 2. The van der Waals surface area contributed by atoms with Crippen LogP contribution in [0.1, 0.15) is 88.5 Å². The van der Waals surface area contributed by atoms with Gasteiger partial charge in [0, 0.05) is 35.0 Å². The lowest BCUT2D eigenvalue weighted by atomic mass is 9.48. The van der Waals surface area contributed by atoms with E-state index in [2.05, 4.69) is 50.7 Å². The van der Waals surface area contributed by atoms with Gasteiger partial charge in [0.05, 0.1) is 72.8 Å². The minimum atomic E-state index is -1.01. The number of aromatic hydroxyl groups is 2. The maximum absolute atomic E-state index is 12.6. The van der Waals surface area contributed by atoms with Crippen LogP contribution in [0.25, 0.3) is 0 Å². The van der Waals surface area contributed by atoms with Gasteiger partial charge in [-0.15, -0.1) is 0 Å². The van der Waals surface area contributed by atoms with Gasteiger partial charge in [-0.2, -0.15) is 0 Å². The van der Waals surface area contributed by atoms with Crippen LogP contribution in [0.5, 0.6) is 23.0 Å². The number of hydrogen-bond donors (Lipinski definition) is 4. The molecule has 10 rings (SSSR count). The molecule has 10 atom stereocenters. The van der Waals surface area contributed by atoms with Crippen molar-refractivity contribution in [3.63, 3.8) is 0 Å². The van der Waals surface area contributed by atoms with Gasteiger partial charge < -0.3 is 53.9 Å². The van der Waals surface area contributed by atoms with Gasteiger partial charge in [-0.3, -0.25) is 0 Å². The molecule has 4 aliphatic carbocycles. The van der Waals surface area contributed by atoms with Gasteiger partial charge in [-0.1, -0.05) is 53.0 Å². The van der Waals surface area contributed by atoms with Crippen molar-refractivity contribution in [2.45, 2.75) is 138 Å². The number of likely N-dealkylation sites (tertiary alicyclic amines) is 2. The van der Waals surface area contributed by atoms with E-state index in [0.29, 0.717) is 89.3 Å². The summed E-state index contributed by atoms with van der Waals surface area (Å²) in [6, 6.07) is 7.22. The number of aliphatic hydroxyl groups is 2. The monoisotopic (exact) mass is 784 g/mol. The molecule has 0 radical (unpaired) electrons. The fourth-order valence-electron chi connectivity index (χ4n) is 13.2. The number of nitrogens with zero attached hydrogens (tertiary/aromatic N) is 2. The molecule has 2 unspecified atom stereocenters. The first-order chi connectivity index (χ1) is 27.1. The zero-order valence-electron chi connectivity index (χ0n) is 34.0. The summed E-state index contributed by atoms with van der Waals surface area (Å²) in [6.07, 6.45) is 7.67. The Bertz CT molecular complexity index is 1860. The fraction of sp³-hybridized carbons (Fsp3) is 0.652. The fourth-order valence-corrected chi connectivity index (χ4v) is 13.2. The summed E-state index contributed by atoms with van der Waals surface area (Å²) in [5.74, 6) is 1.28. The highest BCUT2D eigenvalue weighted by molar-refractivity contribution is 5.64. The third-order valence-corrected chi connectivity index (χ3v) is 15.7. The van der Waals surface area contributed by atoms with Crippen LogP contribution >= 0.6 is 0 Å². The highest BCUT2D eigenvalue weighted by atomic mass is 16.6. The second-order valence-corrected chi connectivity index (χ2v) is 20.1. The summed E-state index contributed by atoms with van der Waals surface area (Å²) in [4.78, 5) is 4.39. The van der Waals surface area contributed by atoms with E-state index < -0.39 is 34.2 Å². The van der Waals surface area contributed by atoms with E-state index in [1.165, 1.54) is 0 Å². The number of phenolic OH excluding ortho intramolecular Hbond substituents is 2. The van der Waals surface area contributed by atoms with Crippen molar-refractivity contribution in [2.24, 2.45) is 10.8 Å². The Morgan fingerprint density at radius 1 is 0.684 bits per heavy atom. The minimum absolute atomic E-state index is 0.101. The smallest absolute Gasteiger partial charge is 0.165 e. The molecule has 2 spiro atoms. The van der Waals surface area contributed by atoms with Crippen LogP contribution in [0.4, 0.5) is 0 Å². The predicted molar refractivity (Wildman–Crippen MR) is 213 cm³/mol. The molecule has 2 aromatic rings. The van der Waals surface area contributed by atoms with Crippen LogP contribution < -0.4 is 9.47 Å². The molecule has 0 amide bonds. The maximum Gasteiger partial charge on any atom is 0.165 e. The van der Waals surface area contributed by atoms with Crippen LogP contribution in [0.15, 0.2) is 49.8 Å². The lowest BCUT2D eigenvalue weighted by Gasteiger charge is -2.64. The van der Waals surface area contributed by atoms with Gasteiger partial charge in [0.2, 0.25) is 0 Å². The van der Waals surface area contributed by atoms with E-state index in [4.69, 9.17) is 23.7 Å². The highest BCUT2D eigenvalue weighted by Crippen LogP contribution is 2.67. The predicted octanol–water partition coefficient (Wildman–Crippen LogP) is 5.23. The number of hydrogen-bond acceptors (Lipinski definition) is 11. The second kappa shape index (κ2) is 12.5. The van der Waals surface area contributed by atoms with Crippen LogP contribution in [-0.2, 0) is 37.9 Å². The van der Waals surface area contributed by atoms with Crippen molar-refractivity contribution in [1.29, 1.82) is 0 Å². The second-order valence-electron chi connectivity index (χ2n) is 20.1. The topological polar surface area (TPSA) is 134 Å². The molecule has 4 bridgehead atoms. The Kier molecular flexibility index (Phi) is 8.30. The van der Waals surface area contributed by atoms with Crippen LogP contribution in [-0.4, -0.2) is 117 Å². The molecule has 2 aromatic carbocycles. The zero-order valence-corrected chi connectivity index (χ0v) is 34.0. The van der Waals surface area contributed by atoms with Crippen LogP contribution in [0, 0.1) is 10.8 Å². The van der Waals surface area contributed by atoms with Crippen molar-refractivity contribution >= 4 is 0 Å². The van der Waals surface area contributed by atoms with Gasteiger partial charge in [0.1, 0.15) is 12.2 Å². The highest BCUT2D eigenvalue weighted by Gasteiger charge is 2.74. The van der Waals surface area contributed by atoms with E-state index in [-0.39, 0.29) is 46.6 Å².